The highest BCUT2D eigenvalue weighted by atomic mass is 35.5. The molecule has 6 heteroatoms. The lowest BCUT2D eigenvalue weighted by Crippen LogP contribution is -2.32. The Labute approximate surface area is 163 Å². The maximum absolute atomic E-state index is 13.7. The lowest BCUT2D eigenvalue weighted by molar-refractivity contribution is -0.120. The van der Waals surface area contributed by atoms with Gasteiger partial charge in [0, 0.05) is 26.0 Å². The Morgan fingerprint density at radius 3 is 2.81 bits per heavy atom. The number of benzene rings is 2. The second kappa shape index (κ2) is 8.28. The summed E-state index contributed by atoms with van der Waals surface area (Å²) in [6.45, 7) is 2.53. The number of aliphatic hydroxyl groups excluding tert-OH is 1. The van der Waals surface area contributed by atoms with E-state index >= 15 is 0 Å². The number of carbonyl (C=O) groups excluding carboxylic acids is 1. The summed E-state index contributed by atoms with van der Waals surface area (Å²) in [5.41, 5.74) is 2.33. The number of ether oxygens (including phenoxy) is 1. The molecule has 0 aliphatic carbocycles. The number of halogens is 2. The number of amides is 1. The summed E-state index contributed by atoms with van der Waals surface area (Å²) in [5.74, 6) is 0.306. The lowest BCUT2D eigenvalue weighted by Gasteiger charge is -2.24. The van der Waals surface area contributed by atoms with Gasteiger partial charge in [-0.15, -0.1) is 0 Å². The van der Waals surface area contributed by atoms with Gasteiger partial charge in [0.15, 0.2) is 0 Å². The first-order chi connectivity index (χ1) is 12.9. The Balaban J connectivity index is 1.65. The van der Waals surface area contributed by atoms with Gasteiger partial charge in [0.1, 0.15) is 17.2 Å². The quantitative estimate of drug-likeness (QED) is 0.711. The highest BCUT2D eigenvalue weighted by Gasteiger charge is 2.35. The van der Waals surface area contributed by atoms with Crippen molar-refractivity contribution in [1.29, 1.82) is 0 Å². The molecule has 4 nitrogen and oxygen atoms in total. The van der Waals surface area contributed by atoms with E-state index in [1.54, 1.807) is 6.07 Å². The zero-order chi connectivity index (χ0) is 19.4. The monoisotopic (exact) mass is 391 g/mol. The minimum Gasteiger partial charge on any atom is -0.487 e. The zero-order valence-electron chi connectivity index (χ0n) is 15.2. The van der Waals surface area contributed by atoms with E-state index in [0.29, 0.717) is 25.8 Å². The molecule has 0 aromatic heterocycles. The molecule has 2 N–H and O–H groups in total. The van der Waals surface area contributed by atoms with Gasteiger partial charge in [-0.1, -0.05) is 29.8 Å². The summed E-state index contributed by atoms with van der Waals surface area (Å²) in [4.78, 5) is 11.9. The number of fused-ring (bicyclic) bond motifs is 1. The van der Waals surface area contributed by atoms with Crippen LogP contribution in [0, 0.1) is 5.82 Å². The highest BCUT2D eigenvalue weighted by molar-refractivity contribution is 6.30. The fraction of sp³-hybridized carbons (Fsp3) is 0.381. The SMILES string of the molecule is C[C@@]1(Cc2ccc(Cl)c(F)c2)Cc2cc(CC(=O)NCCCO)ccc2O1. The lowest BCUT2D eigenvalue weighted by atomic mass is 9.91. The van der Waals surface area contributed by atoms with Crippen LogP contribution in [0.2, 0.25) is 5.02 Å². The van der Waals surface area contributed by atoms with Crippen LogP contribution in [0.1, 0.15) is 30.0 Å². The molecule has 0 spiro atoms. The maximum Gasteiger partial charge on any atom is 0.224 e. The molecule has 0 radical (unpaired) electrons. The summed E-state index contributed by atoms with van der Waals surface area (Å²) >= 11 is 5.75. The molecular weight excluding hydrogens is 369 g/mol. The van der Waals surface area contributed by atoms with Crippen LogP contribution < -0.4 is 10.1 Å². The Kier molecular flexibility index (Phi) is 6.02. The predicted octanol–water partition coefficient (Wildman–Crippen LogP) is 3.46. The van der Waals surface area contributed by atoms with Gasteiger partial charge in [-0.2, -0.15) is 0 Å². The van der Waals surface area contributed by atoms with Crippen molar-refractivity contribution in [2.75, 3.05) is 13.2 Å². The second-order valence-electron chi connectivity index (χ2n) is 7.20. The van der Waals surface area contributed by atoms with Crippen LogP contribution in [0.4, 0.5) is 4.39 Å². The number of nitrogens with one attached hydrogen (secondary N) is 1. The molecule has 3 rings (SSSR count). The van der Waals surface area contributed by atoms with Gasteiger partial charge in [0.25, 0.3) is 0 Å². The first-order valence-electron chi connectivity index (χ1n) is 9.01. The normalized spacial score (nSPS) is 18.1. The third-order valence-electron chi connectivity index (χ3n) is 4.63. The van der Waals surface area contributed by atoms with E-state index in [1.165, 1.54) is 6.07 Å². The van der Waals surface area contributed by atoms with Gasteiger partial charge in [-0.3, -0.25) is 4.79 Å². The molecule has 144 valence electrons. The van der Waals surface area contributed by atoms with Gasteiger partial charge in [0.2, 0.25) is 5.91 Å². The van der Waals surface area contributed by atoms with Crippen molar-refractivity contribution >= 4 is 17.5 Å². The molecule has 0 fully saturated rings. The van der Waals surface area contributed by atoms with Crippen LogP contribution in [-0.4, -0.2) is 29.8 Å². The first kappa shape index (κ1) is 19.6. The number of hydrogen-bond donors (Lipinski definition) is 2. The summed E-state index contributed by atoms with van der Waals surface area (Å²) in [6, 6.07) is 10.6. The Hall–Kier alpha value is -2.11. The smallest absolute Gasteiger partial charge is 0.224 e. The Morgan fingerprint density at radius 1 is 1.30 bits per heavy atom. The van der Waals surface area contributed by atoms with Crippen molar-refractivity contribution in [1.82, 2.24) is 5.32 Å². The van der Waals surface area contributed by atoms with E-state index in [1.807, 2.05) is 31.2 Å². The van der Waals surface area contributed by atoms with Crippen molar-refractivity contribution in [3.63, 3.8) is 0 Å². The molecule has 1 amide bonds. The largest absolute Gasteiger partial charge is 0.487 e. The molecular formula is C21H23ClFNO3. The standard InChI is InChI=1S/C21H23ClFNO3/c1-21(12-15-3-5-17(22)18(23)10-15)13-16-9-14(4-6-19(16)27-21)11-20(26)24-7-2-8-25/h3-6,9-10,25H,2,7-8,11-13H2,1H3,(H,24,26)/t21-/m1/s1. The summed E-state index contributed by atoms with van der Waals surface area (Å²) in [6.07, 6.45) is 2.09. The summed E-state index contributed by atoms with van der Waals surface area (Å²) < 4.78 is 19.8. The molecule has 1 aliphatic heterocycles. The molecule has 27 heavy (non-hydrogen) atoms. The van der Waals surface area contributed by atoms with Crippen LogP contribution in [0.15, 0.2) is 36.4 Å². The average molecular weight is 392 g/mol. The number of rotatable bonds is 7. The predicted molar refractivity (Wildman–Crippen MR) is 103 cm³/mol. The topological polar surface area (TPSA) is 58.6 Å². The molecule has 0 bridgehead atoms. The third kappa shape index (κ3) is 4.99. The van der Waals surface area contributed by atoms with Crippen molar-refractivity contribution in [3.8, 4) is 5.75 Å². The minimum atomic E-state index is -0.468. The van der Waals surface area contributed by atoms with Gasteiger partial charge in [-0.25, -0.2) is 4.39 Å². The van der Waals surface area contributed by atoms with E-state index in [0.717, 1.165) is 22.4 Å². The molecule has 1 aliphatic rings. The van der Waals surface area contributed by atoms with E-state index < -0.39 is 11.4 Å². The Morgan fingerprint density at radius 2 is 2.07 bits per heavy atom. The van der Waals surface area contributed by atoms with Crippen LogP contribution in [-0.2, 0) is 24.1 Å². The Bertz CT molecular complexity index is 842. The molecule has 2 aromatic rings. The number of carbonyl (C=O) groups is 1. The molecule has 0 saturated carbocycles. The molecule has 1 heterocycles. The fourth-order valence-electron chi connectivity index (χ4n) is 3.42. The van der Waals surface area contributed by atoms with Crippen LogP contribution >= 0.6 is 11.6 Å². The zero-order valence-corrected chi connectivity index (χ0v) is 16.0. The van der Waals surface area contributed by atoms with Crippen molar-refractivity contribution in [3.05, 3.63) is 63.9 Å². The molecule has 0 saturated heterocycles. The molecule has 2 aromatic carbocycles. The highest BCUT2D eigenvalue weighted by Crippen LogP contribution is 2.37. The summed E-state index contributed by atoms with van der Waals surface area (Å²) in [5, 5.41) is 11.7. The second-order valence-corrected chi connectivity index (χ2v) is 7.61. The van der Waals surface area contributed by atoms with Crippen LogP contribution in [0.5, 0.6) is 5.75 Å². The van der Waals surface area contributed by atoms with Gasteiger partial charge in [-0.05, 0) is 48.2 Å². The maximum atomic E-state index is 13.7. The number of hydrogen-bond acceptors (Lipinski definition) is 3. The van der Waals surface area contributed by atoms with E-state index in [-0.39, 0.29) is 24.0 Å². The fourth-order valence-corrected chi connectivity index (χ4v) is 3.54. The van der Waals surface area contributed by atoms with Crippen molar-refractivity contribution in [2.45, 2.75) is 38.2 Å². The molecule has 0 unspecified atom stereocenters. The minimum absolute atomic E-state index is 0.0621. The van der Waals surface area contributed by atoms with Crippen LogP contribution in [0.25, 0.3) is 0 Å². The van der Waals surface area contributed by atoms with Gasteiger partial charge in [0.05, 0.1) is 11.4 Å². The first-order valence-corrected chi connectivity index (χ1v) is 9.39. The number of aliphatic hydroxyl groups is 1. The third-order valence-corrected chi connectivity index (χ3v) is 4.94. The van der Waals surface area contributed by atoms with Gasteiger partial charge < -0.3 is 15.2 Å². The van der Waals surface area contributed by atoms with Gasteiger partial charge >= 0.3 is 0 Å². The van der Waals surface area contributed by atoms with Crippen molar-refractivity contribution < 1.29 is 19.0 Å². The van der Waals surface area contributed by atoms with Crippen molar-refractivity contribution in [2.24, 2.45) is 0 Å². The van der Waals surface area contributed by atoms with E-state index in [9.17, 15) is 9.18 Å². The van der Waals surface area contributed by atoms with E-state index in [4.69, 9.17) is 21.4 Å². The van der Waals surface area contributed by atoms with Crippen LogP contribution in [0.3, 0.4) is 0 Å². The molecule has 1 atom stereocenters. The average Bonchev–Trinajstić information content (AvgIpc) is 2.93. The van der Waals surface area contributed by atoms with E-state index in [2.05, 4.69) is 5.32 Å². The summed E-state index contributed by atoms with van der Waals surface area (Å²) in [7, 11) is 0.